The Morgan fingerprint density at radius 2 is 1.86 bits per heavy atom. The van der Waals surface area contributed by atoms with Crippen LogP contribution < -0.4 is 14.8 Å². The predicted octanol–water partition coefficient (Wildman–Crippen LogP) is 2.81. The van der Waals surface area contributed by atoms with Gasteiger partial charge in [-0.3, -0.25) is 14.9 Å². The van der Waals surface area contributed by atoms with E-state index in [1.807, 2.05) is 0 Å². The van der Waals surface area contributed by atoms with Gasteiger partial charge in [0.2, 0.25) is 0 Å². The van der Waals surface area contributed by atoms with Gasteiger partial charge in [-0.2, -0.15) is 0 Å². The standard InChI is InChI=1S/C19H18N2O7/c1-26-16-8-6-13(10-17(16)27-2)7-9-19(23)28-12-18(22)20-14-4-3-5-15(11-14)21(24)25/h3-11H,12H2,1-2H3,(H,20,22)/b9-7+. The first-order valence-corrected chi connectivity index (χ1v) is 8.04. The van der Waals surface area contributed by atoms with Gasteiger partial charge < -0.3 is 19.5 Å². The summed E-state index contributed by atoms with van der Waals surface area (Å²) >= 11 is 0. The van der Waals surface area contributed by atoms with E-state index < -0.39 is 23.4 Å². The molecule has 0 aliphatic heterocycles. The van der Waals surface area contributed by atoms with Crippen molar-refractivity contribution in [2.45, 2.75) is 0 Å². The summed E-state index contributed by atoms with van der Waals surface area (Å²) in [7, 11) is 3.02. The Morgan fingerprint density at radius 3 is 2.54 bits per heavy atom. The van der Waals surface area contributed by atoms with Crippen LogP contribution in [0.4, 0.5) is 11.4 Å². The molecular formula is C19H18N2O7. The summed E-state index contributed by atoms with van der Waals surface area (Å²) in [6, 6.07) is 10.5. The van der Waals surface area contributed by atoms with Crippen molar-refractivity contribution in [3.8, 4) is 11.5 Å². The summed E-state index contributed by atoms with van der Waals surface area (Å²) in [5, 5.41) is 13.1. The van der Waals surface area contributed by atoms with Gasteiger partial charge in [0, 0.05) is 23.9 Å². The molecule has 0 radical (unpaired) electrons. The van der Waals surface area contributed by atoms with Gasteiger partial charge >= 0.3 is 5.97 Å². The number of nitrogens with one attached hydrogen (secondary N) is 1. The third-order valence-corrected chi connectivity index (χ3v) is 3.51. The van der Waals surface area contributed by atoms with E-state index in [9.17, 15) is 19.7 Å². The first-order chi connectivity index (χ1) is 13.4. The van der Waals surface area contributed by atoms with Gasteiger partial charge in [0.15, 0.2) is 18.1 Å². The minimum atomic E-state index is -0.719. The van der Waals surface area contributed by atoms with Gasteiger partial charge in [0.25, 0.3) is 11.6 Å². The van der Waals surface area contributed by atoms with E-state index in [1.54, 1.807) is 18.2 Å². The van der Waals surface area contributed by atoms with E-state index in [1.165, 1.54) is 50.6 Å². The highest BCUT2D eigenvalue weighted by molar-refractivity contribution is 5.94. The molecule has 2 aromatic rings. The van der Waals surface area contributed by atoms with Crippen molar-refractivity contribution >= 4 is 29.3 Å². The van der Waals surface area contributed by atoms with Crippen molar-refractivity contribution in [1.82, 2.24) is 0 Å². The van der Waals surface area contributed by atoms with Crippen LogP contribution in [0.15, 0.2) is 48.5 Å². The van der Waals surface area contributed by atoms with Crippen molar-refractivity contribution in [1.29, 1.82) is 0 Å². The Balaban J connectivity index is 1.88. The number of nitro benzene ring substituents is 1. The minimum absolute atomic E-state index is 0.160. The lowest BCUT2D eigenvalue weighted by Crippen LogP contribution is -2.20. The summed E-state index contributed by atoms with van der Waals surface area (Å²) in [6.45, 7) is -0.530. The highest BCUT2D eigenvalue weighted by atomic mass is 16.6. The molecule has 0 saturated carbocycles. The highest BCUT2D eigenvalue weighted by Crippen LogP contribution is 2.27. The molecule has 2 aromatic carbocycles. The molecule has 2 rings (SSSR count). The van der Waals surface area contributed by atoms with Crippen LogP contribution in [0.1, 0.15) is 5.56 Å². The highest BCUT2D eigenvalue weighted by Gasteiger charge is 2.10. The molecule has 0 bridgehead atoms. The Morgan fingerprint density at radius 1 is 1.11 bits per heavy atom. The second-order valence-electron chi connectivity index (χ2n) is 5.41. The van der Waals surface area contributed by atoms with Crippen molar-refractivity contribution in [3.05, 3.63) is 64.2 Å². The molecule has 0 saturated heterocycles. The summed E-state index contributed by atoms with van der Waals surface area (Å²) in [5.41, 5.74) is 0.749. The molecule has 0 aliphatic carbocycles. The molecule has 0 unspecified atom stereocenters. The van der Waals surface area contributed by atoms with Gasteiger partial charge in [-0.15, -0.1) is 0 Å². The predicted molar refractivity (Wildman–Crippen MR) is 101 cm³/mol. The molecule has 9 heteroatoms. The van der Waals surface area contributed by atoms with E-state index in [0.29, 0.717) is 17.1 Å². The maximum absolute atomic E-state index is 11.8. The number of carbonyl (C=O) groups excluding carboxylic acids is 2. The summed E-state index contributed by atoms with van der Waals surface area (Å²) in [6.07, 6.45) is 2.67. The summed E-state index contributed by atoms with van der Waals surface area (Å²) in [5.74, 6) is -0.272. The average Bonchev–Trinajstić information content (AvgIpc) is 2.70. The van der Waals surface area contributed by atoms with Crippen molar-refractivity contribution < 1.29 is 28.7 Å². The van der Waals surface area contributed by atoms with E-state index >= 15 is 0 Å². The van der Waals surface area contributed by atoms with Crippen LogP contribution in [-0.2, 0) is 14.3 Å². The van der Waals surface area contributed by atoms with Crippen LogP contribution in [0.2, 0.25) is 0 Å². The SMILES string of the molecule is COc1ccc(/C=C/C(=O)OCC(=O)Nc2cccc([N+](=O)[O-])c2)cc1OC. The molecule has 0 fully saturated rings. The van der Waals surface area contributed by atoms with Crippen LogP contribution in [0, 0.1) is 10.1 Å². The number of hydrogen-bond acceptors (Lipinski definition) is 7. The van der Waals surface area contributed by atoms with Crippen LogP contribution in [0.3, 0.4) is 0 Å². The molecule has 1 amide bonds. The van der Waals surface area contributed by atoms with Crippen molar-refractivity contribution in [2.24, 2.45) is 0 Å². The van der Waals surface area contributed by atoms with Gasteiger partial charge in [0.1, 0.15) is 0 Å². The number of esters is 1. The molecule has 1 N–H and O–H groups in total. The number of rotatable bonds is 8. The Hall–Kier alpha value is -3.88. The number of nitrogens with zero attached hydrogens (tertiary/aromatic N) is 1. The lowest BCUT2D eigenvalue weighted by molar-refractivity contribution is -0.384. The monoisotopic (exact) mass is 386 g/mol. The smallest absolute Gasteiger partial charge is 0.331 e. The van der Waals surface area contributed by atoms with Gasteiger partial charge in [0.05, 0.1) is 19.1 Å². The average molecular weight is 386 g/mol. The number of ether oxygens (including phenoxy) is 3. The van der Waals surface area contributed by atoms with E-state index in [4.69, 9.17) is 14.2 Å². The van der Waals surface area contributed by atoms with Crippen LogP contribution in [-0.4, -0.2) is 37.6 Å². The number of amides is 1. The second-order valence-corrected chi connectivity index (χ2v) is 5.41. The zero-order valence-electron chi connectivity index (χ0n) is 15.2. The Labute approximate surface area is 160 Å². The maximum atomic E-state index is 11.8. The van der Waals surface area contributed by atoms with Crippen LogP contribution in [0.5, 0.6) is 11.5 Å². The van der Waals surface area contributed by atoms with Crippen molar-refractivity contribution in [2.75, 3.05) is 26.1 Å². The van der Waals surface area contributed by atoms with Gasteiger partial charge in [-0.1, -0.05) is 12.1 Å². The van der Waals surface area contributed by atoms with Crippen LogP contribution >= 0.6 is 0 Å². The largest absolute Gasteiger partial charge is 0.493 e. The lowest BCUT2D eigenvalue weighted by Gasteiger charge is -2.07. The summed E-state index contributed by atoms with van der Waals surface area (Å²) in [4.78, 5) is 33.7. The fraction of sp³-hybridized carbons (Fsp3) is 0.158. The normalized spacial score (nSPS) is 10.4. The molecular weight excluding hydrogens is 368 g/mol. The number of benzene rings is 2. The topological polar surface area (TPSA) is 117 Å². The lowest BCUT2D eigenvalue weighted by atomic mass is 10.2. The first-order valence-electron chi connectivity index (χ1n) is 8.04. The molecule has 0 spiro atoms. The third-order valence-electron chi connectivity index (χ3n) is 3.51. The van der Waals surface area contributed by atoms with Gasteiger partial charge in [-0.05, 0) is 29.8 Å². The number of nitro groups is 1. The molecule has 9 nitrogen and oxygen atoms in total. The fourth-order valence-electron chi connectivity index (χ4n) is 2.20. The molecule has 146 valence electrons. The third kappa shape index (κ3) is 5.84. The van der Waals surface area contributed by atoms with E-state index in [2.05, 4.69) is 5.32 Å². The second kappa shape index (κ2) is 9.72. The Kier molecular flexibility index (Phi) is 7.09. The summed E-state index contributed by atoms with van der Waals surface area (Å²) < 4.78 is 15.2. The number of non-ortho nitro benzene ring substituents is 1. The molecule has 0 aliphatic rings. The van der Waals surface area contributed by atoms with E-state index in [-0.39, 0.29) is 11.4 Å². The number of methoxy groups -OCH3 is 2. The zero-order valence-corrected chi connectivity index (χ0v) is 15.2. The fourth-order valence-corrected chi connectivity index (χ4v) is 2.20. The van der Waals surface area contributed by atoms with Gasteiger partial charge in [-0.25, -0.2) is 4.79 Å². The Bertz CT molecular complexity index is 909. The number of anilines is 1. The number of hydrogen-bond donors (Lipinski definition) is 1. The maximum Gasteiger partial charge on any atom is 0.331 e. The quantitative estimate of drug-likeness (QED) is 0.321. The molecule has 0 atom stereocenters. The zero-order chi connectivity index (χ0) is 20.5. The first kappa shape index (κ1) is 20.4. The van der Waals surface area contributed by atoms with Crippen molar-refractivity contribution in [3.63, 3.8) is 0 Å². The van der Waals surface area contributed by atoms with E-state index in [0.717, 1.165) is 0 Å². The number of carbonyl (C=O) groups is 2. The van der Waals surface area contributed by atoms with Crippen LogP contribution in [0.25, 0.3) is 6.08 Å². The molecule has 0 aromatic heterocycles. The molecule has 0 heterocycles. The minimum Gasteiger partial charge on any atom is -0.493 e. The molecule has 28 heavy (non-hydrogen) atoms.